The third-order valence-electron chi connectivity index (χ3n) is 6.38. The van der Waals surface area contributed by atoms with Crippen molar-refractivity contribution in [2.24, 2.45) is 10.8 Å². The maximum Gasteiger partial charge on any atom is 0.231 e. The van der Waals surface area contributed by atoms with Gasteiger partial charge in [-0.3, -0.25) is 9.59 Å². The van der Waals surface area contributed by atoms with E-state index in [9.17, 15) is 9.59 Å². The summed E-state index contributed by atoms with van der Waals surface area (Å²) in [4.78, 5) is 26.6. The van der Waals surface area contributed by atoms with E-state index in [-0.39, 0.29) is 29.2 Å². The van der Waals surface area contributed by atoms with E-state index < -0.39 is 5.92 Å². The quantitative estimate of drug-likeness (QED) is 0.593. The average molecular weight is 429 g/mol. The van der Waals surface area contributed by atoms with Gasteiger partial charge in [0, 0.05) is 53.8 Å². The van der Waals surface area contributed by atoms with Gasteiger partial charge in [0.1, 0.15) is 11.5 Å². The Morgan fingerprint density at radius 1 is 0.833 bits per heavy atom. The minimum Gasteiger partial charge on any atom is -0.465 e. The van der Waals surface area contributed by atoms with Gasteiger partial charge in [-0.1, -0.05) is 39.3 Å². The number of rotatable bonds is 1. The molecule has 2 aliphatic carbocycles. The van der Waals surface area contributed by atoms with Crippen molar-refractivity contribution in [3.8, 4) is 11.5 Å². The lowest BCUT2D eigenvalue weighted by molar-refractivity contribution is -0.120. The number of ketones is 2. The second-order valence-electron chi connectivity index (χ2n) is 10.3. The van der Waals surface area contributed by atoms with Crippen molar-refractivity contribution < 1.29 is 23.8 Å². The number of hydrogen-bond acceptors (Lipinski definition) is 5. The summed E-state index contributed by atoms with van der Waals surface area (Å²) in [6.45, 7) is 8.41. The third kappa shape index (κ3) is 3.06. The van der Waals surface area contributed by atoms with Crippen molar-refractivity contribution >= 4 is 23.2 Å². The number of hydrogen-bond donors (Lipinski definition) is 0. The summed E-state index contributed by atoms with van der Waals surface area (Å²) in [6.07, 6.45) is 2.13. The second kappa shape index (κ2) is 6.36. The van der Waals surface area contributed by atoms with Gasteiger partial charge in [0.25, 0.3) is 0 Å². The second-order valence-corrected chi connectivity index (χ2v) is 10.7. The van der Waals surface area contributed by atoms with Gasteiger partial charge in [0.2, 0.25) is 6.79 Å². The number of benzene rings is 1. The van der Waals surface area contributed by atoms with Crippen molar-refractivity contribution in [2.75, 3.05) is 6.79 Å². The highest BCUT2D eigenvalue weighted by molar-refractivity contribution is 6.32. The molecule has 158 valence electrons. The molecule has 6 heteroatoms. The molecule has 2 heterocycles. The van der Waals surface area contributed by atoms with Gasteiger partial charge in [-0.2, -0.15) is 0 Å². The van der Waals surface area contributed by atoms with Crippen LogP contribution in [-0.4, -0.2) is 18.4 Å². The Bertz CT molecular complexity index is 1010. The number of carbonyl (C=O) groups excluding carboxylic acids is 2. The summed E-state index contributed by atoms with van der Waals surface area (Å²) >= 11 is 6.67. The molecule has 4 aliphatic rings. The lowest BCUT2D eigenvalue weighted by Crippen LogP contribution is -2.37. The fraction of sp³-hybridized carbons (Fsp3) is 0.500. The molecule has 0 amide bonds. The molecule has 0 spiro atoms. The molecule has 0 aromatic heterocycles. The van der Waals surface area contributed by atoms with E-state index in [1.807, 2.05) is 6.07 Å². The molecular formula is C24H25ClO5. The minimum atomic E-state index is -0.530. The van der Waals surface area contributed by atoms with E-state index in [1.165, 1.54) is 0 Å². The number of ether oxygens (including phenoxy) is 3. The maximum atomic E-state index is 13.3. The Hall–Kier alpha value is -2.27. The molecule has 1 aromatic carbocycles. The van der Waals surface area contributed by atoms with Crippen LogP contribution in [0.25, 0.3) is 0 Å². The molecule has 30 heavy (non-hydrogen) atoms. The van der Waals surface area contributed by atoms with E-state index in [0.717, 1.165) is 0 Å². The van der Waals surface area contributed by atoms with Crippen molar-refractivity contribution in [3.63, 3.8) is 0 Å². The molecule has 0 unspecified atom stereocenters. The van der Waals surface area contributed by atoms with Crippen molar-refractivity contribution in [3.05, 3.63) is 45.4 Å². The van der Waals surface area contributed by atoms with E-state index in [1.54, 1.807) is 6.07 Å². The number of allylic oxidation sites excluding steroid dienone is 4. The van der Waals surface area contributed by atoms with Crippen LogP contribution in [0.2, 0.25) is 5.02 Å². The Morgan fingerprint density at radius 2 is 1.33 bits per heavy atom. The molecule has 5 rings (SSSR count). The zero-order chi connectivity index (χ0) is 21.4. The minimum absolute atomic E-state index is 0.0177. The van der Waals surface area contributed by atoms with E-state index in [0.29, 0.717) is 70.4 Å². The fourth-order valence-corrected chi connectivity index (χ4v) is 5.40. The first-order valence-corrected chi connectivity index (χ1v) is 10.7. The molecular weight excluding hydrogens is 404 g/mol. The van der Waals surface area contributed by atoms with Crippen molar-refractivity contribution in [1.29, 1.82) is 0 Å². The predicted octanol–water partition coefficient (Wildman–Crippen LogP) is 5.47. The zero-order valence-corrected chi connectivity index (χ0v) is 18.4. The lowest BCUT2D eigenvalue weighted by atomic mass is 9.65. The number of carbonyl (C=O) groups is 2. The third-order valence-corrected chi connectivity index (χ3v) is 6.71. The molecule has 2 aliphatic heterocycles. The molecule has 0 N–H and O–H groups in total. The normalized spacial score (nSPS) is 24.6. The van der Waals surface area contributed by atoms with Gasteiger partial charge in [0.05, 0.1) is 0 Å². The van der Waals surface area contributed by atoms with Crippen LogP contribution >= 0.6 is 11.6 Å². The largest absolute Gasteiger partial charge is 0.465 e. The Labute approximate surface area is 181 Å². The SMILES string of the molecule is CC1(C)CC(=O)C2=C(C1)OC1=C(C(=O)CC(C)(C)C1)C2c1cc2c(cc1Cl)OCO2. The zero-order valence-electron chi connectivity index (χ0n) is 17.7. The van der Waals surface area contributed by atoms with Crippen LogP contribution in [0, 0.1) is 10.8 Å². The number of Topliss-reactive ketones (excluding diaryl/α,β-unsaturated/α-hetero) is 2. The van der Waals surface area contributed by atoms with E-state index in [2.05, 4.69) is 27.7 Å². The maximum absolute atomic E-state index is 13.3. The highest BCUT2D eigenvalue weighted by Gasteiger charge is 2.48. The topological polar surface area (TPSA) is 61.8 Å². The molecule has 0 fully saturated rings. The predicted molar refractivity (Wildman–Crippen MR) is 111 cm³/mol. The van der Waals surface area contributed by atoms with E-state index >= 15 is 0 Å². The van der Waals surface area contributed by atoms with Gasteiger partial charge in [-0.15, -0.1) is 0 Å². The molecule has 5 nitrogen and oxygen atoms in total. The molecule has 0 atom stereocenters. The summed E-state index contributed by atoms with van der Waals surface area (Å²) in [7, 11) is 0. The first-order valence-electron chi connectivity index (χ1n) is 10.3. The van der Waals surface area contributed by atoms with Crippen molar-refractivity contribution in [2.45, 2.75) is 59.3 Å². The molecule has 0 saturated heterocycles. The van der Waals surface area contributed by atoms with Crippen LogP contribution < -0.4 is 9.47 Å². The van der Waals surface area contributed by atoms with Crippen LogP contribution in [0.3, 0.4) is 0 Å². The van der Waals surface area contributed by atoms with Gasteiger partial charge >= 0.3 is 0 Å². The Balaban J connectivity index is 1.73. The fourth-order valence-electron chi connectivity index (χ4n) is 5.14. The van der Waals surface area contributed by atoms with Crippen molar-refractivity contribution in [1.82, 2.24) is 0 Å². The standard InChI is InChI=1S/C24H25ClO5/c1-23(2)7-14(26)21-18(9-23)30-19-10-24(3,4)8-15(27)22(19)20(21)12-5-16-17(6-13(12)25)29-11-28-16/h5-6,20H,7-11H2,1-4H3. The average Bonchev–Trinajstić information content (AvgIpc) is 3.04. The van der Waals surface area contributed by atoms with Gasteiger partial charge in [0.15, 0.2) is 23.1 Å². The van der Waals surface area contributed by atoms with Gasteiger partial charge < -0.3 is 14.2 Å². The van der Waals surface area contributed by atoms with Gasteiger partial charge in [-0.25, -0.2) is 0 Å². The summed E-state index contributed by atoms with van der Waals surface area (Å²) in [5.41, 5.74) is 1.46. The van der Waals surface area contributed by atoms with E-state index in [4.69, 9.17) is 25.8 Å². The number of halogens is 1. The number of fused-ring (bicyclic) bond motifs is 1. The van der Waals surface area contributed by atoms with Gasteiger partial charge in [-0.05, 0) is 22.5 Å². The van der Waals surface area contributed by atoms with Crippen LogP contribution in [0.5, 0.6) is 11.5 Å². The highest BCUT2D eigenvalue weighted by Crippen LogP contribution is 2.55. The van der Waals surface area contributed by atoms with Crippen LogP contribution in [0.1, 0.15) is 64.9 Å². The smallest absolute Gasteiger partial charge is 0.231 e. The summed E-state index contributed by atoms with van der Waals surface area (Å²) in [6, 6.07) is 3.53. The molecule has 0 radical (unpaired) electrons. The highest BCUT2D eigenvalue weighted by atomic mass is 35.5. The Kier molecular flexibility index (Phi) is 4.17. The molecule has 0 bridgehead atoms. The first-order chi connectivity index (χ1) is 14.0. The molecule has 0 saturated carbocycles. The van der Waals surface area contributed by atoms with Crippen LogP contribution in [0.15, 0.2) is 34.8 Å². The Morgan fingerprint density at radius 3 is 1.87 bits per heavy atom. The van der Waals surface area contributed by atoms with Crippen LogP contribution in [0.4, 0.5) is 0 Å². The monoisotopic (exact) mass is 428 g/mol. The molecule has 1 aromatic rings. The summed E-state index contributed by atoms with van der Waals surface area (Å²) in [5, 5.41) is 0.458. The summed E-state index contributed by atoms with van der Waals surface area (Å²) in [5.74, 6) is 2.02. The first kappa shape index (κ1) is 19.7. The lowest BCUT2D eigenvalue weighted by Gasteiger charge is -2.42. The van der Waals surface area contributed by atoms with Crippen LogP contribution in [-0.2, 0) is 14.3 Å². The summed E-state index contributed by atoms with van der Waals surface area (Å²) < 4.78 is 17.3.